The standard InChI is InChI=1S/C21H14ClN3O3/c22-21-23-8-10(9-24-21)15-16-13(6-3-7-14(16)26)25-18-17(15)19(27)11-4-1-2-5-12(11)20(18)28/h1-2,4-5,8-9,15,25H,3,6-7H2. The van der Waals surface area contributed by atoms with Crippen molar-refractivity contribution in [1.29, 1.82) is 0 Å². The van der Waals surface area contributed by atoms with Crippen molar-refractivity contribution in [3.8, 4) is 0 Å². The van der Waals surface area contributed by atoms with Crippen LogP contribution in [0.2, 0.25) is 5.28 Å². The lowest BCUT2D eigenvalue weighted by atomic mass is 9.71. The number of fused-ring (bicyclic) bond motifs is 1. The van der Waals surface area contributed by atoms with Gasteiger partial charge < -0.3 is 5.32 Å². The molecule has 1 aliphatic heterocycles. The monoisotopic (exact) mass is 391 g/mol. The molecule has 0 saturated heterocycles. The summed E-state index contributed by atoms with van der Waals surface area (Å²) in [7, 11) is 0. The third-order valence-corrected chi connectivity index (χ3v) is 5.64. The van der Waals surface area contributed by atoms with Crippen molar-refractivity contribution >= 4 is 29.0 Å². The van der Waals surface area contributed by atoms with Crippen LogP contribution >= 0.6 is 11.6 Å². The topological polar surface area (TPSA) is 89.0 Å². The number of dihydropyridines is 1. The van der Waals surface area contributed by atoms with Gasteiger partial charge in [0.25, 0.3) is 0 Å². The number of rotatable bonds is 1. The quantitative estimate of drug-likeness (QED) is 0.751. The summed E-state index contributed by atoms with van der Waals surface area (Å²) in [5.74, 6) is -1.21. The van der Waals surface area contributed by atoms with E-state index in [9.17, 15) is 14.4 Å². The van der Waals surface area contributed by atoms with E-state index in [4.69, 9.17) is 11.6 Å². The van der Waals surface area contributed by atoms with Gasteiger partial charge in [0.15, 0.2) is 11.6 Å². The molecule has 1 aromatic heterocycles. The molecule has 7 heteroatoms. The van der Waals surface area contributed by atoms with Gasteiger partial charge >= 0.3 is 0 Å². The molecule has 138 valence electrons. The minimum absolute atomic E-state index is 0.0284. The Labute approximate surface area is 165 Å². The minimum Gasteiger partial charge on any atom is -0.355 e. The van der Waals surface area contributed by atoms with Crippen LogP contribution in [0.25, 0.3) is 0 Å². The maximum absolute atomic E-state index is 13.4. The molecule has 2 heterocycles. The average Bonchev–Trinajstić information content (AvgIpc) is 2.71. The maximum atomic E-state index is 13.4. The molecule has 1 atom stereocenters. The Bertz CT molecular complexity index is 1130. The predicted octanol–water partition coefficient (Wildman–Crippen LogP) is 3.16. The highest BCUT2D eigenvalue weighted by Gasteiger charge is 2.44. The molecular formula is C21H14ClN3O3. The molecule has 5 rings (SSSR count). The van der Waals surface area contributed by atoms with E-state index in [2.05, 4.69) is 15.3 Å². The van der Waals surface area contributed by atoms with Crippen LogP contribution in [0, 0.1) is 0 Å². The highest BCUT2D eigenvalue weighted by molar-refractivity contribution is 6.29. The summed E-state index contributed by atoms with van der Waals surface area (Å²) < 4.78 is 0. The first-order valence-corrected chi connectivity index (χ1v) is 9.37. The Morgan fingerprint density at radius 2 is 1.61 bits per heavy atom. The molecule has 0 fully saturated rings. The van der Waals surface area contributed by atoms with E-state index in [1.807, 2.05) is 0 Å². The second-order valence-corrected chi connectivity index (χ2v) is 7.34. The first-order valence-electron chi connectivity index (χ1n) is 8.99. The molecule has 3 aliphatic rings. The molecule has 1 aromatic carbocycles. The zero-order valence-corrected chi connectivity index (χ0v) is 15.4. The SMILES string of the molecule is O=C1CCCC2=C1C(c1cnc(Cl)nc1)C1=C(N2)C(=O)c2ccccc2C1=O. The summed E-state index contributed by atoms with van der Waals surface area (Å²) >= 11 is 5.83. The molecule has 1 unspecified atom stereocenters. The molecule has 0 spiro atoms. The van der Waals surface area contributed by atoms with Crippen LogP contribution in [0.5, 0.6) is 0 Å². The maximum Gasteiger partial charge on any atom is 0.222 e. The second kappa shape index (κ2) is 6.21. The number of halogens is 1. The molecule has 6 nitrogen and oxygen atoms in total. The van der Waals surface area contributed by atoms with Gasteiger partial charge in [0.05, 0.1) is 5.70 Å². The third kappa shape index (κ3) is 2.38. The van der Waals surface area contributed by atoms with E-state index >= 15 is 0 Å². The van der Waals surface area contributed by atoms with Gasteiger partial charge in [-0.2, -0.15) is 0 Å². The number of hydrogen-bond donors (Lipinski definition) is 1. The normalized spacial score (nSPS) is 21.2. The van der Waals surface area contributed by atoms with Crippen LogP contribution in [0.1, 0.15) is 51.5 Å². The predicted molar refractivity (Wildman–Crippen MR) is 101 cm³/mol. The van der Waals surface area contributed by atoms with Gasteiger partial charge in [0.2, 0.25) is 11.1 Å². The van der Waals surface area contributed by atoms with E-state index in [1.54, 1.807) is 24.3 Å². The van der Waals surface area contributed by atoms with Gasteiger partial charge in [-0.1, -0.05) is 24.3 Å². The fourth-order valence-corrected chi connectivity index (χ4v) is 4.32. The number of benzene rings is 1. The van der Waals surface area contributed by atoms with Crippen LogP contribution in [0.3, 0.4) is 0 Å². The van der Waals surface area contributed by atoms with Crippen molar-refractivity contribution in [3.05, 3.63) is 81.2 Å². The number of Topliss-reactive ketones (excluding diaryl/α,β-unsaturated/α-hetero) is 3. The molecule has 0 radical (unpaired) electrons. The van der Waals surface area contributed by atoms with Crippen molar-refractivity contribution in [2.24, 2.45) is 0 Å². The summed E-state index contributed by atoms with van der Waals surface area (Å²) in [6.45, 7) is 0. The Hall–Kier alpha value is -3.12. The highest BCUT2D eigenvalue weighted by Crippen LogP contribution is 2.45. The summed E-state index contributed by atoms with van der Waals surface area (Å²) in [4.78, 5) is 47.4. The summed E-state index contributed by atoms with van der Waals surface area (Å²) in [5.41, 5.74) is 3.05. The fourth-order valence-electron chi connectivity index (χ4n) is 4.22. The summed E-state index contributed by atoms with van der Waals surface area (Å²) in [5, 5.41) is 3.20. The Morgan fingerprint density at radius 3 is 2.32 bits per heavy atom. The number of carbonyl (C=O) groups excluding carboxylic acids is 3. The fraction of sp³-hybridized carbons (Fsp3) is 0.190. The lowest BCUT2D eigenvalue weighted by Crippen LogP contribution is -2.40. The lowest BCUT2D eigenvalue weighted by molar-refractivity contribution is -0.116. The van der Waals surface area contributed by atoms with E-state index in [0.717, 1.165) is 0 Å². The number of allylic oxidation sites excluding steroid dienone is 4. The zero-order chi connectivity index (χ0) is 19.4. The van der Waals surface area contributed by atoms with E-state index in [1.165, 1.54) is 12.4 Å². The van der Waals surface area contributed by atoms with Crippen molar-refractivity contribution in [3.63, 3.8) is 0 Å². The molecule has 0 bridgehead atoms. The highest BCUT2D eigenvalue weighted by atomic mass is 35.5. The van der Waals surface area contributed by atoms with Crippen LogP contribution in [-0.4, -0.2) is 27.3 Å². The van der Waals surface area contributed by atoms with Crippen LogP contribution in [0.4, 0.5) is 0 Å². The van der Waals surface area contributed by atoms with Gasteiger partial charge in [-0.15, -0.1) is 0 Å². The van der Waals surface area contributed by atoms with Gasteiger partial charge in [0, 0.05) is 58.3 Å². The molecule has 2 aromatic rings. The summed E-state index contributed by atoms with van der Waals surface area (Å²) in [6, 6.07) is 6.75. The van der Waals surface area contributed by atoms with Gasteiger partial charge in [-0.05, 0) is 24.4 Å². The molecule has 2 aliphatic carbocycles. The minimum atomic E-state index is -0.680. The first-order chi connectivity index (χ1) is 13.6. The first kappa shape index (κ1) is 17.0. The number of carbonyl (C=O) groups is 3. The number of nitrogens with one attached hydrogen (secondary N) is 1. The Balaban J connectivity index is 1.76. The van der Waals surface area contributed by atoms with Crippen LogP contribution in [0.15, 0.2) is 59.2 Å². The molecule has 0 saturated carbocycles. The van der Waals surface area contributed by atoms with Crippen LogP contribution < -0.4 is 5.32 Å². The molecule has 0 amide bonds. The Kier molecular flexibility index (Phi) is 3.77. The second-order valence-electron chi connectivity index (χ2n) is 7.00. The third-order valence-electron chi connectivity index (χ3n) is 5.44. The Morgan fingerprint density at radius 1 is 0.929 bits per heavy atom. The van der Waals surface area contributed by atoms with Crippen LogP contribution in [-0.2, 0) is 4.79 Å². The van der Waals surface area contributed by atoms with Crippen molar-refractivity contribution in [1.82, 2.24) is 15.3 Å². The number of ketones is 3. The van der Waals surface area contributed by atoms with Crippen molar-refractivity contribution < 1.29 is 14.4 Å². The van der Waals surface area contributed by atoms with Gasteiger partial charge in [-0.3, -0.25) is 14.4 Å². The average molecular weight is 392 g/mol. The smallest absolute Gasteiger partial charge is 0.222 e. The number of hydrogen-bond acceptors (Lipinski definition) is 6. The number of aromatic nitrogens is 2. The summed E-state index contributed by atoms with van der Waals surface area (Å²) in [6.07, 6.45) is 4.79. The van der Waals surface area contributed by atoms with Gasteiger partial charge in [0.1, 0.15) is 0 Å². The molecular weight excluding hydrogens is 378 g/mol. The molecule has 1 N–H and O–H groups in total. The van der Waals surface area contributed by atoms with E-state index in [0.29, 0.717) is 47.2 Å². The van der Waals surface area contributed by atoms with E-state index in [-0.39, 0.29) is 33.9 Å². The lowest BCUT2D eigenvalue weighted by Gasteiger charge is -2.36. The van der Waals surface area contributed by atoms with E-state index < -0.39 is 5.92 Å². The molecule has 28 heavy (non-hydrogen) atoms. The number of nitrogens with zero attached hydrogens (tertiary/aromatic N) is 2. The van der Waals surface area contributed by atoms with Crippen molar-refractivity contribution in [2.75, 3.05) is 0 Å². The largest absolute Gasteiger partial charge is 0.355 e. The van der Waals surface area contributed by atoms with Crippen molar-refractivity contribution in [2.45, 2.75) is 25.2 Å². The van der Waals surface area contributed by atoms with Gasteiger partial charge in [-0.25, -0.2) is 9.97 Å². The zero-order valence-electron chi connectivity index (χ0n) is 14.7.